The van der Waals surface area contributed by atoms with Gasteiger partial charge in [0.2, 0.25) is 0 Å². The first-order valence-corrected chi connectivity index (χ1v) is 9.48. The fourth-order valence-electron chi connectivity index (χ4n) is 2.59. The molecule has 3 rings (SSSR count). The van der Waals surface area contributed by atoms with E-state index in [2.05, 4.69) is 15.7 Å². The van der Waals surface area contributed by atoms with Crippen molar-refractivity contribution < 1.29 is 13.9 Å². The van der Waals surface area contributed by atoms with E-state index in [0.29, 0.717) is 29.5 Å². The molecule has 0 fully saturated rings. The molecule has 0 aliphatic heterocycles. The van der Waals surface area contributed by atoms with Crippen LogP contribution in [-0.4, -0.2) is 22.2 Å². The zero-order chi connectivity index (χ0) is 21.7. The number of anilines is 2. The highest BCUT2D eigenvalue weighted by molar-refractivity contribution is 5.94. The van der Waals surface area contributed by atoms with Gasteiger partial charge in [-0.1, -0.05) is 13.8 Å². The summed E-state index contributed by atoms with van der Waals surface area (Å²) in [6.45, 7) is 4.64. The maximum absolute atomic E-state index is 13.1. The van der Waals surface area contributed by atoms with Crippen LogP contribution < -0.4 is 20.9 Å². The number of ether oxygens (including phenoxy) is 1. The highest BCUT2D eigenvalue weighted by Crippen LogP contribution is 2.28. The van der Waals surface area contributed by atoms with Gasteiger partial charge in [-0.2, -0.15) is 5.10 Å². The van der Waals surface area contributed by atoms with E-state index < -0.39 is 5.56 Å². The lowest BCUT2D eigenvalue weighted by atomic mass is 10.1. The van der Waals surface area contributed by atoms with Gasteiger partial charge in [0.05, 0.1) is 6.20 Å². The van der Waals surface area contributed by atoms with Gasteiger partial charge in [-0.05, 0) is 54.4 Å². The van der Waals surface area contributed by atoms with Crippen molar-refractivity contribution in [2.45, 2.75) is 13.8 Å². The number of carbonyl (C=O) groups excluding carboxylic acids is 1. The highest BCUT2D eigenvalue weighted by atomic mass is 19.1. The molecule has 3 aromatic rings. The Balaban J connectivity index is 1.81. The second-order valence-electron chi connectivity index (χ2n) is 7.17. The van der Waals surface area contributed by atoms with Crippen LogP contribution >= 0.6 is 0 Å². The lowest BCUT2D eigenvalue weighted by Crippen LogP contribution is -2.27. The number of aryl methyl sites for hydroxylation is 1. The summed E-state index contributed by atoms with van der Waals surface area (Å²) in [6, 6.07) is 12.2. The van der Waals surface area contributed by atoms with Gasteiger partial charge in [-0.25, -0.2) is 9.07 Å². The third-order valence-electron chi connectivity index (χ3n) is 4.23. The number of rotatable bonds is 7. The Morgan fingerprint density at radius 1 is 1.13 bits per heavy atom. The molecular weight excluding hydrogens is 387 g/mol. The number of aromatic nitrogens is 2. The van der Waals surface area contributed by atoms with Crippen LogP contribution in [0.25, 0.3) is 0 Å². The van der Waals surface area contributed by atoms with Crippen LogP contribution in [0.15, 0.2) is 59.5 Å². The molecule has 30 heavy (non-hydrogen) atoms. The van der Waals surface area contributed by atoms with Crippen molar-refractivity contribution in [3.63, 3.8) is 0 Å². The predicted molar refractivity (Wildman–Crippen MR) is 113 cm³/mol. The zero-order valence-corrected chi connectivity index (χ0v) is 17.0. The van der Waals surface area contributed by atoms with Gasteiger partial charge in [-0.15, -0.1) is 0 Å². The van der Waals surface area contributed by atoms with E-state index in [9.17, 15) is 14.0 Å². The number of halogens is 1. The molecule has 0 unspecified atom stereocenters. The Morgan fingerprint density at radius 3 is 2.43 bits per heavy atom. The molecule has 0 spiro atoms. The summed E-state index contributed by atoms with van der Waals surface area (Å²) in [5.74, 6) is 0.378. The molecule has 156 valence electrons. The number of hydrogen-bond acceptors (Lipinski definition) is 5. The van der Waals surface area contributed by atoms with Crippen molar-refractivity contribution in [2.24, 2.45) is 13.0 Å². The molecule has 2 aromatic carbocycles. The van der Waals surface area contributed by atoms with Gasteiger partial charge in [0.1, 0.15) is 11.6 Å². The molecule has 0 aliphatic carbocycles. The van der Waals surface area contributed by atoms with Crippen molar-refractivity contribution >= 4 is 17.3 Å². The van der Waals surface area contributed by atoms with Crippen molar-refractivity contribution in [3.8, 4) is 11.5 Å². The summed E-state index contributed by atoms with van der Waals surface area (Å²) >= 11 is 0. The number of benzene rings is 2. The van der Waals surface area contributed by atoms with Gasteiger partial charge in [-0.3, -0.25) is 9.59 Å². The monoisotopic (exact) mass is 410 g/mol. The highest BCUT2D eigenvalue weighted by Gasteiger charge is 2.14. The van der Waals surface area contributed by atoms with Gasteiger partial charge < -0.3 is 15.4 Å². The molecule has 0 aliphatic rings. The van der Waals surface area contributed by atoms with E-state index in [1.807, 2.05) is 13.8 Å². The molecule has 1 amide bonds. The van der Waals surface area contributed by atoms with Crippen LogP contribution in [0.4, 0.5) is 15.8 Å². The van der Waals surface area contributed by atoms with E-state index >= 15 is 0 Å². The molecule has 0 bridgehead atoms. The summed E-state index contributed by atoms with van der Waals surface area (Å²) in [6.07, 6.45) is 1.40. The van der Waals surface area contributed by atoms with Gasteiger partial charge in [0, 0.05) is 24.8 Å². The minimum Gasteiger partial charge on any atom is -0.453 e. The topological polar surface area (TPSA) is 85.2 Å². The fourth-order valence-corrected chi connectivity index (χ4v) is 2.59. The van der Waals surface area contributed by atoms with E-state index in [0.717, 1.165) is 0 Å². The Hall–Kier alpha value is -3.68. The predicted octanol–water partition coefficient (Wildman–Crippen LogP) is 3.84. The van der Waals surface area contributed by atoms with Gasteiger partial charge in [0.25, 0.3) is 11.5 Å². The van der Waals surface area contributed by atoms with E-state index in [-0.39, 0.29) is 23.2 Å². The molecule has 0 saturated carbocycles. The minimum atomic E-state index is -0.395. The third kappa shape index (κ3) is 5.22. The Labute approximate surface area is 173 Å². The lowest BCUT2D eigenvalue weighted by molar-refractivity contribution is 0.0949. The first kappa shape index (κ1) is 21.0. The van der Waals surface area contributed by atoms with E-state index in [4.69, 9.17) is 4.74 Å². The van der Waals surface area contributed by atoms with E-state index in [1.165, 1.54) is 42.2 Å². The molecule has 1 heterocycles. The summed E-state index contributed by atoms with van der Waals surface area (Å²) in [7, 11) is 1.53. The second-order valence-corrected chi connectivity index (χ2v) is 7.17. The van der Waals surface area contributed by atoms with Crippen molar-refractivity contribution in [1.29, 1.82) is 0 Å². The summed E-state index contributed by atoms with van der Waals surface area (Å²) in [5, 5.41) is 9.86. The fraction of sp³-hybridized carbons (Fsp3) is 0.227. The lowest BCUT2D eigenvalue weighted by Gasteiger charge is -2.13. The molecule has 2 N–H and O–H groups in total. The zero-order valence-electron chi connectivity index (χ0n) is 17.0. The van der Waals surface area contributed by atoms with Crippen molar-refractivity contribution in [1.82, 2.24) is 15.1 Å². The molecule has 0 radical (unpaired) electrons. The molecule has 8 heteroatoms. The standard InChI is InChI=1S/C22H23FN4O3/c1-14(2)12-24-21(28)15-4-8-17(9-5-15)26-20-19(13-25-27(3)22(20)29)30-18-10-6-16(23)7-11-18/h4-11,13-14,26H,12H2,1-3H3,(H,24,28). The van der Waals surface area contributed by atoms with E-state index in [1.54, 1.807) is 24.3 Å². The second kappa shape index (κ2) is 9.21. The van der Waals surface area contributed by atoms with Crippen molar-refractivity contribution in [2.75, 3.05) is 11.9 Å². The smallest absolute Gasteiger partial charge is 0.294 e. The minimum absolute atomic E-state index is 0.157. The summed E-state index contributed by atoms with van der Waals surface area (Å²) < 4.78 is 20.0. The normalized spacial score (nSPS) is 10.7. The van der Waals surface area contributed by atoms with Crippen LogP contribution in [0.3, 0.4) is 0 Å². The van der Waals surface area contributed by atoms with Crippen LogP contribution in [-0.2, 0) is 7.05 Å². The average molecular weight is 410 g/mol. The number of hydrogen-bond donors (Lipinski definition) is 2. The molecule has 0 saturated heterocycles. The van der Waals surface area contributed by atoms with Crippen LogP contribution in [0.2, 0.25) is 0 Å². The third-order valence-corrected chi connectivity index (χ3v) is 4.23. The molecular formula is C22H23FN4O3. The number of carbonyl (C=O) groups is 1. The molecule has 1 aromatic heterocycles. The Kier molecular flexibility index (Phi) is 6.46. The van der Waals surface area contributed by atoms with Crippen molar-refractivity contribution in [3.05, 3.63) is 76.5 Å². The number of amides is 1. The number of nitrogens with zero attached hydrogens (tertiary/aromatic N) is 2. The Bertz CT molecular complexity index is 1080. The Morgan fingerprint density at radius 2 is 1.80 bits per heavy atom. The first-order chi connectivity index (χ1) is 14.3. The van der Waals surface area contributed by atoms with Crippen LogP contribution in [0.5, 0.6) is 11.5 Å². The first-order valence-electron chi connectivity index (χ1n) is 9.48. The van der Waals surface area contributed by atoms with Gasteiger partial charge in [0.15, 0.2) is 11.4 Å². The average Bonchev–Trinajstić information content (AvgIpc) is 2.73. The summed E-state index contributed by atoms with van der Waals surface area (Å²) in [5.41, 5.74) is 0.900. The van der Waals surface area contributed by atoms with Crippen LogP contribution in [0.1, 0.15) is 24.2 Å². The van der Waals surface area contributed by atoms with Crippen LogP contribution in [0, 0.1) is 11.7 Å². The maximum Gasteiger partial charge on any atom is 0.294 e. The molecule has 0 atom stereocenters. The number of nitrogens with one attached hydrogen (secondary N) is 2. The molecule has 7 nitrogen and oxygen atoms in total. The van der Waals surface area contributed by atoms with Gasteiger partial charge >= 0.3 is 0 Å². The quantitative estimate of drug-likeness (QED) is 0.618. The largest absolute Gasteiger partial charge is 0.453 e. The maximum atomic E-state index is 13.1. The SMILES string of the molecule is CC(C)CNC(=O)c1ccc(Nc2c(Oc3ccc(F)cc3)cnn(C)c2=O)cc1. The summed E-state index contributed by atoms with van der Waals surface area (Å²) in [4.78, 5) is 24.8.